The molecule has 0 spiro atoms. The lowest BCUT2D eigenvalue weighted by atomic mass is 9.94. The maximum absolute atomic E-state index is 13.6. The molecule has 1 atom stereocenters. The third-order valence-electron chi connectivity index (χ3n) is 6.39. The molecule has 0 radical (unpaired) electrons. The third-order valence-corrected chi connectivity index (χ3v) is 6.39. The Morgan fingerprint density at radius 3 is 2.58 bits per heavy atom. The summed E-state index contributed by atoms with van der Waals surface area (Å²) in [6.45, 7) is 0.702. The standard InChI is InChI=1S/C24H25N3O4/c1-29-17-11-9-16(10-12-17)24(13-14-24)23(28)27-15-5-7-19(27)22-25-21(26-31-22)18-6-3-4-8-20(18)30-2/h3-4,6,8-12,19H,5,7,13-15H2,1-2H3/t19-/m0/s1. The highest BCUT2D eigenvalue weighted by Crippen LogP contribution is 2.51. The van der Waals surface area contributed by atoms with Gasteiger partial charge in [0.05, 0.1) is 25.2 Å². The molecule has 0 bridgehead atoms. The molecule has 7 heteroatoms. The quantitative estimate of drug-likeness (QED) is 0.597. The summed E-state index contributed by atoms with van der Waals surface area (Å²) in [5, 5.41) is 4.17. The number of likely N-dealkylation sites (tertiary alicyclic amines) is 1. The van der Waals surface area contributed by atoms with E-state index in [1.165, 1.54) is 0 Å². The van der Waals surface area contributed by atoms with Crippen LogP contribution >= 0.6 is 0 Å². The molecule has 1 aliphatic carbocycles. The molecule has 0 N–H and O–H groups in total. The van der Waals surface area contributed by atoms with Crippen LogP contribution in [0.3, 0.4) is 0 Å². The second kappa shape index (κ2) is 7.72. The number of hydrogen-bond acceptors (Lipinski definition) is 6. The van der Waals surface area contributed by atoms with Crippen molar-refractivity contribution in [3.63, 3.8) is 0 Å². The Morgan fingerprint density at radius 1 is 1.10 bits per heavy atom. The molecular formula is C24H25N3O4. The number of methoxy groups -OCH3 is 2. The summed E-state index contributed by atoms with van der Waals surface area (Å²) in [5.41, 5.74) is 1.37. The number of rotatable bonds is 6. The Kier molecular flexibility index (Phi) is 4.88. The van der Waals surface area contributed by atoms with Crippen LogP contribution in [0.15, 0.2) is 53.1 Å². The van der Waals surface area contributed by atoms with E-state index in [1.807, 2.05) is 53.4 Å². The summed E-state index contributed by atoms with van der Waals surface area (Å²) in [4.78, 5) is 20.2. The second-order valence-electron chi connectivity index (χ2n) is 8.12. The number of amides is 1. The van der Waals surface area contributed by atoms with Gasteiger partial charge in [0.2, 0.25) is 17.6 Å². The van der Waals surface area contributed by atoms with E-state index in [1.54, 1.807) is 14.2 Å². The van der Waals surface area contributed by atoms with E-state index in [-0.39, 0.29) is 11.9 Å². The summed E-state index contributed by atoms with van der Waals surface area (Å²) >= 11 is 0. The zero-order valence-corrected chi connectivity index (χ0v) is 17.7. The number of carbonyl (C=O) groups is 1. The molecule has 5 rings (SSSR count). The highest BCUT2D eigenvalue weighted by molar-refractivity contribution is 5.91. The summed E-state index contributed by atoms with van der Waals surface area (Å²) < 4.78 is 16.3. The summed E-state index contributed by atoms with van der Waals surface area (Å²) in [6, 6.07) is 15.2. The van der Waals surface area contributed by atoms with Crippen molar-refractivity contribution in [1.82, 2.24) is 15.0 Å². The summed E-state index contributed by atoms with van der Waals surface area (Å²) in [6.07, 6.45) is 3.45. The molecule has 2 fully saturated rings. The first kappa shape index (κ1) is 19.6. The second-order valence-corrected chi connectivity index (χ2v) is 8.12. The fourth-order valence-electron chi connectivity index (χ4n) is 4.51. The molecule has 7 nitrogen and oxygen atoms in total. The molecular weight excluding hydrogens is 394 g/mol. The van der Waals surface area contributed by atoms with E-state index >= 15 is 0 Å². The predicted octanol–water partition coefficient (Wildman–Crippen LogP) is 4.15. The van der Waals surface area contributed by atoms with Gasteiger partial charge in [-0.3, -0.25) is 4.79 Å². The van der Waals surface area contributed by atoms with Gasteiger partial charge in [0.25, 0.3) is 0 Å². The molecule has 31 heavy (non-hydrogen) atoms. The number of carbonyl (C=O) groups excluding carboxylic acids is 1. The normalized spacial score (nSPS) is 19.3. The van der Waals surface area contributed by atoms with Crippen molar-refractivity contribution in [2.24, 2.45) is 0 Å². The van der Waals surface area contributed by atoms with Gasteiger partial charge in [-0.05, 0) is 55.5 Å². The van der Waals surface area contributed by atoms with Gasteiger partial charge in [0, 0.05) is 6.54 Å². The van der Waals surface area contributed by atoms with E-state index in [4.69, 9.17) is 14.0 Å². The van der Waals surface area contributed by atoms with E-state index in [0.717, 1.165) is 42.6 Å². The van der Waals surface area contributed by atoms with Gasteiger partial charge in [-0.15, -0.1) is 0 Å². The lowest BCUT2D eigenvalue weighted by Gasteiger charge is -2.27. The molecule has 1 amide bonds. The number of para-hydroxylation sites is 1. The zero-order chi connectivity index (χ0) is 21.4. The van der Waals surface area contributed by atoms with Crippen LogP contribution in [0.5, 0.6) is 11.5 Å². The fraction of sp³-hybridized carbons (Fsp3) is 0.375. The average molecular weight is 419 g/mol. The first-order valence-corrected chi connectivity index (χ1v) is 10.6. The average Bonchev–Trinajstić information content (AvgIpc) is 3.24. The molecule has 0 unspecified atom stereocenters. The molecule has 1 saturated carbocycles. The van der Waals surface area contributed by atoms with Crippen molar-refractivity contribution in [3.05, 3.63) is 60.0 Å². The topological polar surface area (TPSA) is 77.7 Å². The summed E-state index contributed by atoms with van der Waals surface area (Å²) in [5.74, 6) is 2.59. The van der Waals surface area contributed by atoms with Crippen LogP contribution in [-0.4, -0.2) is 41.7 Å². The molecule has 160 valence electrons. The van der Waals surface area contributed by atoms with E-state index in [2.05, 4.69) is 10.1 Å². The van der Waals surface area contributed by atoms with Crippen LogP contribution in [0.1, 0.15) is 43.2 Å². The van der Waals surface area contributed by atoms with Crippen molar-refractivity contribution >= 4 is 5.91 Å². The van der Waals surface area contributed by atoms with Crippen LogP contribution in [0, 0.1) is 0 Å². The SMILES string of the molecule is COc1ccc(C2(C(=O)N3CCC[C@H]3c3nc(-c4ccccc4OC)no3)CC2)cc1. The van der Waals surface area contributed by atoms with Gasteiger partial charge in [0.1, 0.15) is 17.5 Å². The number of aromatic nitrogens is 2. The molecule has 2 aliphatic rings. The van der Waals surface area contributed by atoms with Gasteiger partial charge in [0.15, 0.2) is 0 Å². The largest absolute Gasteiger partial charge is 0.497 e. The van der Waals surface area contributed by atoms with Gasteiger partial charge in [-0.1, -0.05) is 29.4 Å². The molecule has 1 saturated heterocycles. The maximum atomic E-state index is 13.6. The Hall–Kier alpha value is -3.35. The van der Waals surface area contributed by atoms with Crippen LogP contribution in [0.4, 0.5) is 0 Å². The van der Waals surface area contributed by atoms with Crippen molar-refractivity contribution in [1.29, 1.82) is 0 Å². The fourth-order valence-corrected chi connectivity index (χ4v) is 4.51. The van der Waals surface area contributed by atoms with Crippen molar-refractivity contribution in [2.75, 3.05) is 20.8 Å². The highest BCUT2D eigenvalue weighted by atomic mass is 16.5. The molecule has 1 aliphatic heterocycles. The van der Waals surface area contributed by atoms with Crippen LogP contribution in [0.2, 0.25) is 0 Å². The lowest BCUT2D eigenvalue weighted by molar-refractivity contribution is -0.135. The zero-order valence-electron chi connectivity index (χ0n) is 17.7. The minimum atomic E-state index is -0.444. The van der Waals surface area contributed by atoms with Crippen molar-refractivity contribution in [3.8, 4) is 22.9 Å². The molecule has 2 aromatic carbocycles. The first-order valence-electron chi connectivity index (χ1n) is 10.6. The smallest absolute Gasteiger partial charge is 0.249 e. The Labute approximate surface area is 181 Å². The van der Waals surface area contributed by atoms with Crippen LogP contribution in [0.25, 0.3) is 11.4 Å². The predicted molar refractivity (Wildman–Crippen MR) is 114 cm³/mol. The highest BCUT2D eigenvalue weighted by Gasteiger charge is 2.55. The van der Waals surface area contributed by atoms with Gasteiger partial charge < -0.3 is 18.9 Å². The van der Waals surface area contributed by atoms with Crippen molar-refractivity contribution in [2.45, 2.75) is 37.1 Å². The van der Waals surface area contributed by atoms with E-state index in [0.29, 0.717) is 24.0 Å². The van der Waals surface area contributed by atoms with E-state index < -0.39 is 5.41 Å². The maximum Gasteiger partial charge on any atom is 0.249 e. The Balaban J connectivity index is 1.40. The molecule has 1 aromatic heterocycles. The Morgan fingerprint density at radius 2 is 1.87 bits per heavy atom. The first-order chi connectivity index (χ1) is 15.2. The Bertz CT molecular complexity index is 1090. The van der Waals surface area contributed by atoms with Gasteiger partial charge >= 0.3 is 0 Å². The van der Waals surface area contributed by atoms with Crippen LogP contribution < -0.4 is 9.47 Å². The number of ether oxygens (including phenoxy) is 2. The van der Waals surface area contributed by atoms with Gasteiger partial charge in [-0.25, -0.2) is 0 Å². The third kappa shape index (κ3) is 3.34. The molecule has 3 aromatic rings. The number of hydrogen-bond donors (Lipinski definition) is 0. The number of benzene rings is 2. The van der Waals surface area contributed by atoms with E-state index in [9.17, 15) is 4.79 Å². The van der Waals surface area contributed by atoms with Crippen LogP contribution in [-0.2, 0) is 10.2 Å². The summed E-state index contributed by atoms with van der Waals surface area (Å²) in [7, 11) is 3.26. The van der Waals surface area contributed by atoms with Gasteiger partial charge in [-0.2, -0.15) is 4.98 Å². The monoisotopic (exact) mass is 419 g/mol. The molecule has 2 heterocycles. The lowest BCUT2D eigenvalue weighted by Crippen LogP contribution is -2.39. The minimum Gasteiger partial charge on any atom is -0.497 e. The minimum absolute atomic E-state index is 0.150. The van der Waals surface area contributed by atoms with Crippen molar-refractivity contribution < 1.29 is 18.8 Å². The number of nitrogens with zero attached hydrogens (tertiary/aromatic N) is 3.